The number of aliphatic carboxylic acids is 1. The third-order valence-electron chi connectivity index (χ3n) is 2.87. The molecule has 0 fully saturated rings. The lowest BCUT2D eigenvalue weighted by atomic mass is 10.1. The van der Waals surface area contributed by atoms with Crippen molar-refractivity contribution < 1.29 is 14.3 Å². The SMILES string of the molecule is O=C(O)CCc1nnc(-c2ccc3ncccc3c2)o1. The first-order chi connectivity index (χ1) is 9.72. The van der Waals surface area contributed by atoms with Gasteiger partial charge in [-0.25, -0.2) is 0 Å². The zero-order valence-corrected chi connectivity index (χ0v) is 10.5. The molecule has 0 aliphatic rings. The van der Waals surface area contributed by atoms with Gasteiger partial charge in [-0.05, 0) is 24.3 Å². The van der Waals surface area contributed by atoms with E-state index in [0.717, 1.165) is 16.5 Å². The quantitative estimate of drug-likeness (QED) is 0.781. The molecule has 0 unspecified atom stereocenters. The number of nitrogens with zero attached hydrogens (tertiary/aromatic N) is 3. The minimum atomic E-state index is -0.887. The van der Waals surface area contributed by atoms with Gasteiger partial charge in [-0.3, -0.25) is 9.78 Å². The molecule has 0 atom stereocenters. The van der Waals surface area contributed by atoms with E-state index >= 15 is 0 Å². The first-order valence-corrected chi connectivity index (χ1v) is 6.12. The average Bonchev–Trinajstić information content (AvgIpc) is 2.93. The van der Waals surface area contributed by atoms with E-state index in [-0.39, 0.29) is 12.8 Å². The third kappa shape index (κ3) is 2.49. The maximum atomic E-state index is 10.5. The van der Waals surface area contributed by atoms with Crippen molar-refractivity contribution in [1.82, 2.24) is 15.2 Å². The Balaban J connectivity index is 1.89. The fourth-order valence-electron chi connectivity index (χ4n) is 1.89. The second-order valence-electron chi connectivity index (χ2n) is 4.31. The summed E-state index contributed by atoms with van der Waals surface area (Å²) in [6.45, 7) is 0. The fourth-order valence-corrected chi connectivity index (χ4v) is 1.89. The fraction of sp³-hybridized carbons (Fsp3) is 0.143. The molecule has 3 rings (SSSR count). The Morgan fingerprint density at radius 1 is 1.25 bits per heavy atom. The summed E-state index contributed by atoms with van der Waals surface area (Å²) in [5.74, 6) is -0.175. The van der Waals surface area contributed by atoms with Crippen LogP contribution >= 0.6 is 0 Å². The lowest BCUT2D eigenvalue weighted by Gasteiger charge is -1.98. The minimum absolute atomic E-state index is 0.0245. The van der Waals surface area contributed by atoms with Gasteiger partial charge in [-0.2, -0.15) is 0 Å². The summed E-state index contributed by atoms with van der Waals surface area (Å²) in [6, 6.07) is 9.46. The normalized spacial score (nSPS) is 10.8. The first kappa shape index (κ1) is 12.3. The van der Waals surface area contributed by atoms with E-state index in [1.807, 2.05) is 30.3 Å². The van der Waals surface area contributed by atoms with Gasteiger partial charge < -0.3 is 9.52 Å². The second kappa shape index (κ2) is 5.08. The Hall–Kier alpha value is -2.76. The van der Waals surface area contributed by atoms with Crippen LogP contribution in [0.1, 0.15) is 12.3 Å². The van der Waals surface area contributed by atoms with Crippen molar-refractivity contribution in [2.75, 3.05) is 0 Å². The highest BCUT2D eigenvalue weighted by atomic mass is 16.4. The molecule has 0 saturated heterocycles. The molecule has 0 radical (unpaired) electrons. The number of hydrogen-bond donors (Lipinski definition) is 1. The van der Waals surface area contributed by atoms with Crippen LogP contribution in [0.25, 0.3) is 22.4 Å². The number of carboxylic acids is 1. The van der Waals surface area contributed by atoms with Gasteiger partial charge in [0.05, 0.1) is 11.9 Å². The van der Waals surface area contributed by atoms with Crippen LogP contribution in [-0.2, 0) is 11.2 Å². The van der Waals surface area contributed by atoms with Crippen LogP contribution in [-0.4, -0.2) is 26.3 Å². The average molecular weight is 269 g/mol. The summed E-state index contributed by atoms with van der Waals surface area (Å²) in [5, 5.41) is 17.4. The standard InChI is InChI=1S/C14H11N3O3/c18-13(19)6-5-12-16-17-14(20-12)10-3-4-11-9(8-10)2-1-7-15-11/h1-4,7-8H,5-6H2,(H,18,19). The van der Waals surface area contributed by atoms with Gasteiger partial charge in [-0.1, -0.05) is 6.07 Å². The number of fused-ring (bicyclic) bond motifs is 1. The number of rotatable bonds is 4. The van der Waals surface area contributed by atoms with E-state index in [1.54, 1.807) is 6.20 Å². The third-order valence-corrected chi connectivity index (χ3v) is 2.87. The monoisotopic (exact) mass is 269 g/mol. The van der Waals surface area contributed by atoms with Crippen molar-refractivity contribution >= 4 is 16.9 Å². The van der Waals surface area contributed by atoms with Crippen LogP contribution in [0.5, 0.6) is 0 Å². The lowest BCUT2D eigenvalue weighted by Crippen LogP contribution is -1.97. The van der Waals surface area contributed by atoms with Crippen LogP contribution in [0.2, 0.25) is 0 Å². The minimum Gasteiger partial charge on any atom is -0.481 e. The Morgan fingerprint density at radius 3 is 3.00 bits per heavy atom. The number of carboxylic acid groups (broad SMARTS) is 1. The zero-order chi connectivity index (χ0) is 13.9. The second-order valence-corrected chi connectivity index (χ2v) is 4.31. The summed E-state index contributed by atoms with van der Waals surface area (Å²) in [5.41, 5.74) is 1.68. The largest absolute Gasteiger partial charge is 0.481 e. The van der Waals surface area contributed by atoms with Gasteiger partial charge in [0.15, 0.2) is 0 Å². The predicted molar refractivity (Wildman–Crippen MR) is 71.0 cm³/mol. The highest BCUT2D eigenvalue weighted by Crippen LogP contribution is 2.22. The molecule has 6 heteroatoms. The van der Waals surface area contributed by atoms with Crippen LogP contribution in [0.3, 0.4) is 0 Å². The van der Waals surface area contributed by atoms with E-state index < -0.39 is 5.97 Å². The molecule has 0 saturated carbocycles. The molecule has 20 heavy (non-hydrogen) atoms. The highest BCUT2D eigenvalue weighted by Gasteiger charge is 2.10. The van der Waals surface area contributed by atoms with Crippen molar-refractivity contribution in [2.45, 2.75) is 12.8 Å². The zero-order valence-electron chi connectivity index (χ0n) is 10.5. The van der Waals surface area contributed by atoms with E-state index in [4.69, 9.17) is 9.52 Å². The van der Waals surface area contributed by atoms with Crippen molar-refractivity contribution in [3.05, 3.63) is 42.4 Å². The first-order valence-electron chi connectivity index (χ1n) is 6.12. The van der Waals surface area contributed by atoms with Gasteiger partial charge in [0, 0.05) is 23.6 Å². The van der Waals surface area contributed by atoms with Crippen LogP contribution in [0, 0.1) is 0 Å². The van der Waals surface area contributed by atoms with Gasteiger partial charge >= 0.3 is 5.97 Å². The maximum Gasteiger partial charge on any atom is 0.303 e. The van der Waals surface area contributed by atoms with Crippen LogP contribution < -0.4 is 0 Å². The summed E-state index contributed by atoms with van der Waals surface area (Å²) >= 11 is 0. The van der Waals surface area contributed by atoms with Crippen LogP contribution in [0.4, 0.5) is 0 Å². The van der Waals surface area contributed by atoms with Crippen molar-refractivity contribution in [3.8, 4) is 11.5 Å². The molecule has 0 bridgehead atoms. The van der Waals surface area contributed by atoms with Gasteiger partial charge in [-0.15, -0.1) is 10.2 Å². The van der Waals surface area contributed by atoms with E-state index in [9.17, 15) is 4.79 Å². The van der Waals surface area contributed by atoms with Crippen molar-refractivity contribution in [1.29, 1.82) is 0 Å². The molecule has 0 spiro atoms. The molecular formula is C14H11N3O3. The summed E-state index contributed by atoms with van der Waals surface area (Å²) < 4.78 is 5.46. The molecule has 2 aromatic heterocycles. The Labute approximate surface area is 114 Å². The lowest BCUT2D eigenvalue weighted by molar-refractivity contribution is -0.137. The number of aromatic nitrogens is 3. The Kier molecular flexibility index (Phi) is 3.12. The molecular weight excluding hydrogens is 258 g/mol. The molecule has 2 heterocycles. The summed E-state index contributed by atoms with van der Waals surface area (Å²) in [6.07, 6.45) is 1.94. The molecule has 0 aliphatic carbocycles. The molecule has 0 aliphatic heterocycles. The van der Waals surface area contributed by atoms with E-state index in [2.05, 4.69) is 15.2 Å². The topological polar surface area (TPSA) is 89.1 Å². The Bertz CT molecular complexity index is 767. The molecule has 100 valence electrons. The number of pyridine rings is 1. The number of aryl methyl sites for hydroxylation is 1. The molecule has 0 amide bonds. The molecule has 3 aromatic rings. The van der Waals surface area contributed by atoms with Gasteiger partial charge in [0.2, 0.25) is 11.8 Å². The smallest absolute Gasteiger partial charge is 0.303 e. The predicted octanol–water partition coefficient (Wildman–Crippen LogP) is 2.30. The molecule has 1 aromatic carbocycles. The number of carbonyl (C=O) groups is 1. The number of benzene rings is 1. The molecule has 1 N–H and O–H groups in total. The number of hydrogen-bond acceptors (Lipinski definition) is 5. The summed E-state index contributed by atoms with van der Waals surface area (Å²) in [4.78, 5) is 14.7. The van der Waals surface area contributed by atoms with Crippen molar-refractivity contribution in [3.63, 3.8) is 0 Å². The van der Waals surface area contributed by atoms with E-state index in [0.29, 0.717) is 11.8 Å². The van der Waals surface area contributed by atoms with E-state index in [1.165, 1.54) is 0 Å². The van der Waals surface area contributed by atoms with Gasteiger partial charge in [0.1, 0.15) is 0 Å². The highest BCUT2D eigenvalue weighted by molar-refractivity contribution is 5.82. The Morgan fingerprint density at radius 2 is 2.15 bits per heavy atom. The molecule has 6 nitrogen and oxygen atoms in total. The summed E-state index contributed by atoms with van der Waals surface area (Å²) in [7, 11) is 0. The maximum absolute atomic E-state index is 10.5. The van der Waals surface area contributed by atoms with Crippen LogP contribution in [0.15, 0.2) is 40.9 Å². The van der Waals surface area contributed by atoms with Crippen molar-refractivity contribution in [2.24, 2.45) is 0 Å². The van der Waals surface area contributed by atoms with Gasteiger partial charge in [0.25, 0.3) is 0 Å².